The van der Waals surface area contributed by atoms with E-state index in [2.05, 4.69) is 9.97 Å². The third kappa shape index (κ3) is 3.58. The number of nitrogens with zero attached hydrogens (tertiary/aromatic N) is 2. The zero-order chi connectivity index (χ0) is 16.6. The minimum absolute atomic E-state index is 0. The van der Waals surface area contributed by atoms with Gasteiger partial charge in [0.1, 0.15) is 5.82 Å². The molecule has 1 aromatic heterocycles. The average Bonchev–Trinajstić information content (AvgIpc) is 2.86. The average molecular weight is 353 g/mol. The molecule has 1 amide bonds. The molecule has 0 aliphatic heterocycles. The van der Waals surface area contributed by atoms with Crippen molar-refractivity contribution in [2.45, 2.75) is 31.5 Å². The summed E-state index contributed by atoms with van der Waals surface area (Å²) in [4.78, 5) is 33.1. The fourth-order valence-corrected chi connectivity index (χ4v) is 3.07. The number of benzene rings is 1. The van der Waals surface area contributed by atoms with Gasteiger partial charge >= 0.3 is 0 Å². The molecule has 3 rings (SSSR count). The number of carbonyl (C=O) groups is 1. The Morgan fingerprint density at radius 2 is 2.12 bits per heavy atom. The van der Waals surface area contributed by atoms with E-state index in [9.17, 15) is 14.7 Å². The Bertz CT molecular complexity index is 784. The van der Waals surface area contributed by atoms with E-state index in [0.29, 0.717) is 29.6 Å². The highest BCUT2D eigenvalue weighted by atomic mass is 35.5. The third-order valence-electron chi connectivity index (χ3n) is 4.35. The molecule has 1 heterocycles. The molecule has 1 aliphatic rings. The van der Waals surface area contributed by atoms with Gasteiger partial charge in [-0.15, -0.1) is 12.4 Å². The monoisotopic (exact) mass is 352 g/mol. The van der Waals surface area contributed by atoms with Gasteiger partial charge in [0.15, 0.2) is 0 Å². The van der Waals surface area contributed by atoms with Crippen molar-refractivity contribution >= 4 is 29.2 Å². The number of rotatable bonds is 3. The molecule has 0 radical (unpaired) electrons. The van der Waals surface area contributed by atoms with Crippen molar-refractivity contribution in [1.82, 2.24) is 14.9 Å². The van der Waals surface area contributed by atoms with Crippen molar-refractivity contribution in [3.05, 3.63) is 40.4 Å². The predicted molar refractivity (Wildman–Crippen MR) is 92.8 cm³/mol. The Morgan fingerprint density at radius 3 is 2.79 bits per heavy atom. The van der Waals surface area contributed by atoms with Crippen LogP contribution in [0.5, 0.6) is 0 Å². The summed E-state index contributed by atoms with van der Waals surface area (Å²) in [7, 11) is 1.66. The van der Waals surface area contributed by atoms with E-state index in [0.717, 1.165) is 0 Å². The van der Waals surface area contributed by atoms with Crippen LogP contribution in [0.2, 0.25) is 0 Å². The fraction of sp³-hybridized carbons (Fsp3) is 0.438. The summed E-state index contributed by atoms with van der Waals surface area (Å²) in [5, 5.41) is 10.2. The second kappa shape index (κ2) is 7.29. The first-order valence-corrected chi connectivity index (χ1v) is 7.62. The van der Waals surface area contributed by atoms with Crippen LogP contribution in [0.1, 0.15) is 18.7 Å². The Labute approximate surface area is 145 Å². The van der Waals surface area contributed by atoms with Gasteiger partial charge in [-0.2, -0.15) is 0 Å². The summed E-state index contributed by atoms with van der Waals surface area (Å²) in [6, 6.07) is 6.72. The van der Waals surface area contributed by atoms with E-state index in [1.165, 1.54) is 4.90 Å². The minimum atomic E-state index is -0.629. The molecule has 130 valence electrons. The largest absolute Gasteiger partial charge is 0.391 e. The third-order valence-corrected chi connectivity index (χ3v) is 4.35. The Hall–Kier alpha value is -1.96. The maximum absolute atomic E-state index is 12.4. The van der Waals surface area contributed by atoms with Gasteiger partial charge in [0.25, 0.3) is 5.56 Å². The fourth-order valence-electron chi connectivity index (χ4n) is 3.07. The molecule has 0 saturated heterocycles. The van der Waals surface area contributed by atoms with Crippen molar-refractivity contribution in [3.63, 3.8) is 0 Å². The van der Waals surface area contributed by atoms with Gasteiger partial charge in [-0.05, 0) is 25.0 Å². The van der Waals surface area contributed by atoms with Crippen LogP contribution in [-0.2, 0) is 11.3 Å². The van der Waals surface area contributed by atoms with Gasteiger partial charge in [-0.3, -0.25) is 9.59 Å². The van der Waals surface area contributed by atoms with Gasteiger partial charge in [0.2, 0.25) is 5.91 Å². The van der Waals surface area contributed by atoms with Gasteiger partial charge in [0, 0.05) is 19.0 Å². The van der Waals surface area contributed by atoms with Gasteiger partial charge < -0.3 is 20.7 Å². The van der Waals surface area contributed by atoms with Gasteiger partial charge in [-0.25, -0.2) is 4.98 Å². The number of H-pyrrole nitrogens is 1. The van der Waals surface area contributed by atoms with Crippen molar-refractivity contribution in [2.75, 3.05) is 7.05 Å². The smallest absolute Gasteiger partial charge is 0.258 e. The second-order valence-corrected chi connectivity index (χ2v) is 6.12. The Kier molecular flexibility index (Phi) is 5.58. The van der Waals surface area contributed by atoms with E-state index in [-0.39, 0.29) is 42.4 Å². The second-order valence-electron chi connectivity index (χ2n) is 6.12. The highest BCUT2D eigenvalue weighted by Crippen LogP contribution is 2.26. The number of hydrogen-bond donors (Lipinski definition) is 3. The first kappa shape index (κ1) is 18.4. The van der Waals surface area contributed by atoms with Crippen molar-refractivity contribution in [1.29, 1.82) is 0 Å². The van der Waals surface area contributed by atoms with Crippen LogP contribution in [0.25, 0.3) is 10.9 Å². The van der Waals surface area contributed by atoms with Crippen LogP contribution in [0.4, 0.5) is 0 Å². The molecular formula is C16H21ClN4O3. The summed E-state index contributed by atoms with van der Waals surface area (Å²) < 4.78 is 0. The number of aromatic nitrogens is 2. The molecular weight excluding hydrogens is 332 g/mol. The van der Waals surface area contributed by atoms with Crippen LogP contribution < -0.4 is 11.3 Å². The SMILES string of the molecule is CN(Cc1nc2ccccc2c(=O)[nH]1)C(=O)[C@H]1C[C@@H](N)[C@H](O)C1.Cl. The summed E-state index contributed by atoms with van der Waals surface area (Å²) in [6.45, 7) is 0.209. The van der Waals surface area contributed by atoms with Crippen molar-refractivity contribution < 1.29 is 9.90 Å². The highest BCUT2D eigenvalue weighted by molar-refractivity contribution is 5.85. The molecule has 0 spiro atoms. The lowest BCUT2D eigenvalue weighted by Crippen LogP contribution is -2.33. The summed E-state index contributed by atoms with van der Waals surface area (Å²) in [5.41, 5.74) is 6.15. The van der Waals surface area contributed by atoms with Gasteiger partial charge in [-0.1, -0.05) is 12.1 Å². The number of fused-ring (bicyclic) bond motifs is 1. The van der Waals surface area contributed by atoms with Gasteiger partial charge in [0.05, 0.1) is 23.6 Å². The molecule has 1 fully saturated rings. The molecule has 0 bridgehead atoms. The maximum atomic E-state index is 12.4. The summed E-state index contributed by atoms with van der Waals surface area (Å²) >= 11 is 0. The molecule has 1 saturated carbocycles. The number of halogens is 1. The Balaban J connectivity index is 0.00000208. The van der Waals surface area contributed by atoms with Crippen molar-refractivity contribution in [2.24, 2.45) is 11.7 Å². The number of carbonyl (C=O) groups excluding carboxylic acids is 1. The molecule has 2 aromatic rings. The molecule has 7 nitrogen and oxygen atoms in total. The highest BCUT2D eigenvalue weighted by Gasteiger charge is 2.36. The zero-order valence-electron chi connectivity index (χ0n) is 13.3. The molecule has 24 heavy (non-hydrogen) atoms. The number of aliphatic hydroxyl groups excluding tert-OH is 1. The number of aliphatic hydroxyl groups is 1. The normalized spacial score (nSPS) is 23.0. The van der Waals surface area contributed by atoms with Crippen LogP contribution >= 0.6 is 12.4 Å². The number of nitrogens with two attached hydrogens (primary N) is 1. The first-order valence-electron chi connectivity index (χ1n) is 7.62. The Morgan fingerprint density at radius 1 is 1.42 bits per heavy atom. The zero-order valence-corrected chi connectivity index (χ0v) is 14.1. The molecule has 8 heteroatoms. The quantitative estimate of drug-likeness (QED) is 0.740. The lowest BCUT2D eigenvalue weighted by molar-refractivity contribution is -0.134. The number of aromatic amines is 1. The lowest BCUT2D eigenvalue weighted by atomic mass is 10.1. The molecule has 1 aromatic carbocycles. The standard InChI is InChI=1S/C16H20N4O3.ClH/c1-20(16(23)9-6-11(17)13(21)7-9)8-14-18-12-5-3-2-4-10(12)15(22)19-14;/h2-5,9,11,13,21H,6-8,17H2,1H3,(H,18,19,22);1H/t9-,11+,13+;/m0./s1. The van der Waals surface area contributed by atoms with Crippen LogP contribution in [0.3, 0.4) is 0 Å². The number of amides is 1. The number of para-hydroxylation sites is 1. The topological polar surface area (TPSA) is 112 Å². The van der Waals surface area contributed by atoms with Crippen LogP contribution in [0.15, 0.2) is 29.1 Å². The van der Waals surface area contributed by atoms with E-state index >= 15 is 0 Å². The molecule has 3 atom stereocenters. The summed E-state index contributed by atoms with van der Waals surface area (Å²) in [6.07, 6.45) is 0.230. The van der Waals surface area contributed by atoms with E-state index in [4.69, 9.17) is 5.73 Å². The first-order chi connectivity index (χ1) is 11.0. The van der Waals surface area contributed by atoms with Crippen LogP contribution in [0, 0.1) is 5.92 Å². The van der Waals surface area contributed by atoms with Crippen molar-refractivity contribution in [3.8, 4) is 0 Å². The number of hydrogen-bond acceptors (Lipinski definition) is 5. The molecule has 4 N–H and O–H groups in total. The van der Waals surface area contributed by atoms with E-state index < -0.39 is 6.10 Å². The lowest BCUT2D eigenvalue weighted by Gasteiger charge is -2.20. The minimum Gasteiger partial charge on any atom is -0.391 e. The van der Waals surface area contributed by atoms with Crippen LogP contribution in [-0.4, -0.2) is 45.1 Å². The maximum Gasteiger partial charge on any atom is 0.258 e. The number of nitrogens with one attached hydrogen (secondary N) is 1. The van der Waals surface area contributed by atoms with E-state index in [1.807, 2.05) is 6.07 Å². The van der Waals surface area contributed by atoms with E-state index in [1.54, 1.807) is 25.2 Å². The predicted octanol–water partition coefficient (Wildman–Crippen LogP) is 0.402. The molecule has 0 unspecified atom stereocenters. The summed E-state index contributed by atoms with van der Waals surface area (Å²) in [5.74, 6) is 0.0670. The molecule has 1 aliphatic carbocycles.